The highest BCUT2D eigenvalue weighted by Gasteiger charge is 2.35. The van der Waals surface area contributed by atoms with Crippen LogP contribution in [0.4, 0.5) is 5.95 Å². The van der Waals surface area contributed by atoms with E-state index in [4.69, 9.17) is 30.5 Å². The van der Waals surface area contributed by atoms with Gasteiger partial charge in [0.2, 0.25) is 16.0 Å². The molecule has 0 spiro atoms. The van der Waals surface area contributed by atoms with Crippen molar-refractivity contribution in [1.29, 1.82) is 0 Å². The van der Waals surface area contributed by atoms with Gasteiger partial charge in [0.25, 0.3) is 0 Å². The van der Waals surface area contributed by atoms with Crippen molar-refractivity contribution in [2.75, 3.05) is 32.7 Å². The zero-order valence-corrected chi connectivity index (χ0v) is 22.5. The van der Waals surface area contributed by atoms with Crippen LogP contribution in [0.2, 0.25) is 5.02 Å². The monoisotopic (exact) mass is 552 g/mol. The summed E-state index contributed by atoms with van der Waals surface area (Å²) in [4.78, 5) is 8.23. The topological polar surface area (TPSA) is 140 Å². The molecule has 1 aliphatic rings. The number of ether oxygens (including phenoxy) is 4. The van der Waals surface area contributed by atoms with Crippen molar-refractivity contribution < 1.29 is 27.4 Å². The molecule has 0 bridgehead atoms. The van der Waals surface area contributed by atoms with E-state index in [1.54, 1.807) is 18.2 Å². The molecule has 1 fully saturated rings. The van der Waals surface area contributed by atoms with Gasteiger partial charge in [-0.3, -0.25) is 9.29 Å². The normalized spacial score (nSPS) is 15.3. The Kier molecular flexibility index (Phi) is 8.47. The predicted octanol–water partition coefficient (Wildman–Crippen LogP) is 3.17. The zero-order valence-electron chi connectivity index (χ0n) is 20.9. The molecule has 1 aliphatic carbocycles. The van der Waals surface area contributed by atoms with Gasteiger partial charge in [-0.25, -0.2) is 18.4 Å². The van der Waals surface area contributed by atoms with E-state index in [1.807, 2.05) is 0 Å². The fourth-order valence-corrected chi connectivity index (χ4v) is 4.95. The highest BCUT2D eigenvalue weighted by atomic mass is 35.5. The summed E-state index contributed by atoms with van der Waals surface area (Å²) in [6, 6.07) is 5.22. The molecular formula is C23H29ClN6O6S. The quantitative estimate of drug-likeness (QED) is 0.336. The van der Waals surface area contributed by atoms with Crippen molar-refractivity contribution in [3.05, 3.63) is 47.3 Å². The largest absolute Gasteiger partial charge is 0.494 e. The molecule has 0 aliphatic heterocycles. The van der Waals surface area contributed by atoms with E-state index < -0.39 is 21.4 Å². The molecular weight excluding hydrogens is 524 g/mol. The highest BCUT2D eigenvalue weighted by molar-refractivity contribution is 7.93. The fraction of sp³-hybridized carbons (Fsp3) is 0.478. The summed E-state index contributed by atoms with van der Waals surface area (Å²) in [5.41, 5.74) is 0.428. The summed E-state index contributed by atoms with van der Waals surface area (Å²) in [6.45, 7) is 2.18. The molecule has 2 atom stereocenters. The molecule has 3 aromatic rings. The molecule has 4 rings (SSSR count). The molecule has 0 saturated heterocycles. The molecule has 37 heavy (non-hydrogen) atoms. The number of nitrogens with one attached hydrogen (secondary N) is 1. The smallest absolute Gasteiger partial charge is 0.243 e. The molecule has 0 radical (unpaired) electrons. The number of para-hydroxylation sites is 1. The minimum Gasteiger partial charge on any atom is -0.494 e. The van der Waals surface area contributed by atoms with E-state index >= 15 is 0 Å². The number of hydrogen-bond donors (Lipinski definition) is 1. The molecule has 12 nitrogen and oxygen atoms in total. The standard InChI is InChI=1S/C23H29ClN6O6S/c1-14(21(35-4)22-25-10-16(24)11-26-22)37(31,32)29-23-28-27-19(13-36-12-15-8-9-15)30(23)20-17(33-2)6-5-7-18(20)34-3/h5-7,10-11,14-15,21H,8-9,12-13H2,1-4H3,(H,28,29)/t14-,21-/m0/s1. The molecule has 2 aromatic heterocycles. The second-order valence-corrected chi connectivity index (χ2v) is 11.0. The number of hydrogen-bond acceptors (Lipinski definition) is 10. The lowest BCUT2D eigenvalue weighted by molar-refractivity contribution is 0.0950. The zero-order chi connectivity index (χ0) is 26.6. The van der Waals surface area contributed by atoms with E-state index in [9.17, 15) is 8.42 Å². The van der Waals surface area contributed by atoms with Crippen molar-refractivity contribution in [3.8, 4) is 17.2 Å². The van der Waals surface area contributed by atoms with Crippen LogP contribution in [0.1, 0.15) is 37.5 Å². The maximum Gasteiger partial charge on any atom is 0.243 e. The minimum absolute atomic E-state index is 0.0634. The molecule has 1 N–H and O–H groups in total. The first-order valence-electron chi connectivity index (χ1n) is 11.5. The van der Waals surface area contributed by atoms with Crippen molar-refractivity contribution in [2.45, 2.75) is 37.7 Å². The lowest BCUT2D eigenvalue weighted by atomic mass is 10.2. The molecule has 200 valence electrons. The van der Waals surface area contributed by atoms with Crippen LogP contribution < -0.4 is 14.2 Å². The van der Waals surface area contributed by atoms with Crippen LogP contribution in [0.3, 0.4) is 0 Å². The lowest BCUT2D eigenvalue weighted by Crippen LogP contribution is -2.33. The van der Waals surface area contributed by atoms with Crippen LogP contribution in [0.5, 0.6) is 11.5 Å². The summed E-state index contributed by atoms with van der Waals surface area (Å²) in [5, 5.41) is 7.56. The Labute approximate surface area is 220 Å². The number of methoxy groups -OCH3 is 3. The Hall–Kier alpha value is -3.00. The third-order valence-corrected chi connectivity index (χ3v) is 7.82. The first kappa shape index (κ1) is 27.0. The van der Waals surface area contributed by atoms with Crippen molar-refractivity contribution in [1.82, 2.24) is 24.7 Å². The minimum atomic E-state index is -4.10. The van der Waals surface area contributed by atoms with Crippen LogP contribution in [-0.4, -0.2) is 66.3 Å². The Morgan fingerprint density at radius 2 is 1.76 bits per heavy atom. The van der Waals surface area contributed by atoms with E-state index in [1.165, 1.54) is 45.2 Å². The van der Waals surface area contributed by atoms with Crippen LogP contribution in [-0.2, 0) is 26.1 Å². The lowest BCUT2D eigenvalue weighted by Gasteiger charge is -2.22. The third kappa shape index (κ3) is 6.12. The summed E-state index contributed by atoms with van der Waals surface area (Å²) in [5.74, 6) is 1.88. The molecule has 1 saturated carbocycles. The summed E-state index contributed by atoms with van der Waals surface area (Å²) >= 11 is 5.88. The van der Waals surface area contributed by atoms with Gasteiger partial charge in [0, 0.05) is 26.1 Å². The second-order valence-electron chi connectivity index (χ2n) is 8.51. The number of halogens is 1. The van der Waals surface area contributed by atoms with E-state index in [2.05, 4.69) is 24.9 Å². The molecule has 0 amide bonds. The van der Waals surface area contributed by atoms with Crippen molar-refractivity contribution in [2.24, 2.45) is 5.92 Å². The Morgan fingerprint density at radius 1 is 1.11 bits per heavy atom. The van der Waals surface area contributed by atoms with Crippen molar-refractivity contribution in [3.63, 3.8) is 0 Å². The highest BCUT2D eigenvalue weighted by Crippen LogP contribution is 2.36. The maximum atomic E-state index is 13.5. The Balaban J connectivity index is 1.70. The predicted molar refractivity (Wildman–Crippen MR) is 136 cm³/mol. The van der Waals surface area contributed by atoms with Gasteiger partial charge >= 0.3 is 0 Å². The molecule has 1 aromatic carbocycles. The number of nitrogens with zero attached hydrogens (tertiary/aromatic N) is 5. The second kappa shape index (κ2) is 11.6. The maximum absolute atomic E-state index is 13.5. The fourth-order valence-electron chi connectivity index (χ4n) is 3.72. The first-order valence-corrected chi connectivity index (χ1v) is 13.5. The van der Waals surface area contributed by atoms with Gasteiger partial charge in [0.15, 0.2) is 11.6 Å². The van der Waals surface area contributed by atoms with Crippen LogP contribution in [0.25, 0.3) is 5.69 Å². The molecule has 0 unspecified atom stereocenters. The average Bonchev–Trinajstić information content (AvgIpc) is 3.64. The van der Waals surface area contributed by atoms with Gasteiger partial charge in [0.1, 0.15) is 35.1 Å². The van der Waals surface area contributed by atoms with Crippen molar-refractivity contribution >= 4 is 27.6 Å². The van der Waals surface area contributed by atoms with Crippen LogP contribution in [0, 0.1) is 5.92 Å². The first-order chi connectivity index (χ1) is 17.8. The average molecular weight is 553 g/mol. The van der Waals surface area contributed by atoms with Gasteiger partial charge < -0.3 is 18.9 Å². The van der Waals surface area contributed by atoms with Gasteiger partial charge in [-0.05, 0) is 37.8 Å². The Bertz CT molecular complexity index is 1290. The molecule has 2 heterocycles. The van der Waals surface area contributed by atoms with Crippen LogP contribution >= 0.6 is 11.6 Å². The van der Waals surface area contributed by atoms with E-state index in [0.717, 1.165) is 12.8 Å². The van der Waals surface area contributed by atoms with Gasteiger partial charge in [0.05, 0.1) is 19.2 Å². The number of rotatable bonds is 13. The number of sulfonamides is 1. The third-order valence-electron chi connectivity index (χ3n) is 5.94. The molecule has 14 heteroatoms. The Morgan fingerprint density at radius 3 is 2.32 bits per heavy atom. The number of benzene rings is 1. The summed E-state index contributed by atoms with van der Waals surface area (Å²) in [7, 11) is 0.298. The SMILES string of the molecule is COc1cccc(OC)c1-n1c(COCC2CC2)nnc1NS(=O)(=O)[C@@H](C)[C@H](OC)c1ncc(Cl)cn1. The van der Waals surface area contributed by atoms with Gasteiger partial charge in [-0.1, -0.05) is 17.7 Å². The number of anilines is 1. The van der Waals surface area contributed by atoms with E-state index in [0.29, 0.717) is 40.6 Å². The summed E-state index contributed by atoms with van der Waals surface area (Å²) in [6.07, 6.45) is 4.04. The number of aromatic nitrogens is 5. The van der Waals surface area contributed by atoms with E-state index in [-0.39, 0.29) is 18.4 Å². The summed E-state index contributed by atoms with van der Waals surface area (Å²) < 4.78 is 53.5. The van der Waals surface area contributed by atoms with Gasteiger partial charge in [-0.2, -0.15) is 0 Å². The van der Waals surface area contributed by atoms with Crippen LogP contribution in [0.15, 0.2) is 30.6 Å². The van der Waals surface area contributed by atoms with Gasteiger partial charge in [-0.15, -0.1) is 10.2 Å².